The van der Waals surface area contributed by atoms with Gasteiger partial charge in [0, 0.05) is 37.8 Å². The lowest BCUT2D eigenvalue weighted by molar-refractivity contribution is -0.386. The maximum atomic E-state index is 13.8. The number of aromatic hydroxyl groups is 1. The molecule has 1 aliphatic carbocycles. The number of halogens is 3. The average molecular weight is 382 g/mol. The molecule has 2 aliphatic rings. The molecule has 1 saturated carbocycles. The quantitative estimate of drug-likeness (QED) is 0.618. The second kappa shape index (κ2) is 8.80. The largest absolute Gasteiger partial charge is 0.502 e. The van der Waals surface area contributed by atoms with Gasteiger partial charge in [-0.25, -0.2) is 4.39 Å². The van der Waals surface area contributed by atoms with Crippen LogP contribution in [0, 0.1) is 21.8 Å². The van der Waals surface area contributed by atoms with E-state index in [-0.39, 0.29) is 36.6 Å². The van der Waals surface area contributed by atoms with Gasteiger partial charge in [0.15, 0.2) is 5.75 Å². The summed E-state index contributed by atoms with van der Waals surface area (Å²) in [7, 11) is 0. The van der Waals surface area contributed by atoms with Crippen LogP contribution in [0.1, 0.15) is 30.9 Å². The second-order valence-electron chi connectivity index (χ2n) is 6.04. The molecular weight excluding hydrogens is 360 g/mol. The van der Waals surface area contributed by atoms with E-state index in [1.807, 2.05) is 0 Å². The maximum Gasteiger partial charge on any atom is 0.313 e. The van der Waals surface area contributed by atoms with Crippen molar-refractivity contribution in [3.63, 3.8) is 0 Å². The first-order valence-corrected chi connectivity index (χ1v) is 7.69. The number of hydrogen-bond acceptors (Lipinski definition) is 5. The third-order valence-corrected chi connectivity index (χ3v) is 4.74. The fourth-order valence-corrected chi connectivity index (χ4v) is 3.43. The van der Waals surface area contributed by atoms with Gasteiger partial charge in [-0.1, -0.05) is 6.42 Å². The summed E-state index contributed by atoms with van der Waals surface area (Å²) >= 11 is 0. The van der Waals surface area contributed by atoms with E-state index >= 15 is 0 Å². The van der Waals surface area contributed by atoms with Crippen LogP contribution < -0.4 is 5.32 Å². The fraction of sp³-hybridized carbons (Fsp3) is 0.600. The Morgan fingerprint density at radius 2 is 1.92 bits per heavy atom. The molecule has 6 nitrogen and oxygen atoms in total. The topological polar surface area (TPSA) is 78.6 Å². The monoisotopic (exact) mass is 381 g/mol. The van der Waals surface area contributed by atoms with E-state index in [4.69, 9.17) is 0 Å². The normalized spacial score (nSPS) is 19.5. The van der Waals surface area contributed by atoms with Crippen molar-refractivity contribution in [3.8, 4) is 5.75 Å². The molecule has 2 fully saturated rings. The highest BCUT2D eigenvalue weighted by Crippen LogP contribution is 2.46. The molecule has 0 bridgehead atoms. The van der Waals surface area contributed by atoms with Gasteiger partial charge in [-0.15, -0.1) is 24.8 Å². The van der Waals surface area contributed by atoms with Crippen molar-refractivity contribution < 1.29 is 14.4 Å². The molecule has 0 spiro atoms. The predicted octanol–water partition coefficient (Wildman–Crippen LogP) is 3.03. The molecule has 3 rings (SSSR count). The first-order chi connectivity index (χ1) is 10.6. The molecule has 9 heteroatoms. The third-order valence-electron chi connectivity index (χ3n) is 4.74. The first-order valence-electron chi connectivity index (χ1n) is 7.69. The van der Waals surface area contributed by atoms with Crippen LogP contribution in [0.4, 0.5) is 10.1 Å². The van der Waals surface area contributed by atoms with Crippen molar-refractivity contribution in [2.45, 2.75) is 25.3 Å². The van der Waals surface area contributed by atoms with Crippen LogP contribution >= 0.6 is 24.8 Å². The molecule has 1 aromatic rings. The lowest BCUT2D eigenvalue weighted by Gasteiger charge is -2.43. The maximum absolute atomic E-state index is 13.8. The fourth-order valence-electron chi connectivity index (χ4n) is 3.43. The van der Waals surface area contributed by atoms with Gasteiger partial charge in [0.1, 0.15) is 5.82 Å². The highest BCUT2D eigenvalue weighted by Gasteiger charge is 2.37. The Kier molecular flexibility index (Phi) is 7.66. The zero-order valence-electron chi connectivity index (χ0n) is 13.1. The SMILES string of the molecule is Cl.Cl.O=[N+]([O-])c1cc(F)cc([C@@H](C2CCC2)N2CCNCC2)c1O. The Labute approximate surface area is 152 Å². The summed E-state index contributed by atoms with van der Waals surface area (Å²) in [5.74, 6) is -0.730. The van der Waals surface area contributed by atoms with Crippen LogP contribution in [0.2, 0.25) is 0 Å². The summed E-state index contributed by atoms with van der Waals surface area (Å²) in [5, 5.41) is 24.6. The van der Waals surface area contributed by atoms with E-state index in [2.05, 4.69) is 10.2 Å². The molecule has 1 heterocycles. The summed E-state index contributed by atoms with van der Waals surface area (Å²) in [6.07, 6.45) is 3.14. The van der Waals surface area contributed by atoms with Crippen molar-refractivity contribution >= 4 is 30.5 Å². The lowest BCUT2D eigenvalue weighted by Crippen LogP contribution is -2.47. The highest BCUT2D eigenvalue weighted by molar-refractivity contribution is 5.85. The van der Waals surface area contributed by atoms with Crippen molar-refractivity contribution in [1.29, 1.82) is 0 Å². The summed E-state index contributed by atoms with van der Waals surface area (Å²) in [6, 6.07) is 1.90. The minimum absolute atomic E-state index is 0. The number of phenolic OH excluding ortho intramolecular Hbond substituents is 1. The molecule has 1 saturated heterocycles. The van der Waals surface area contributed by atoms with Gasteiger partial charge in [-0.05, 0) is 24.8 Å². The summed E-state index contributed by atoms with van der Waals surface area (Å²) in [6.45, 7) is 3.26. The predicted molar refractivity (Wildman–Crippen MR) is 93.7 cm³/mol. The average Bonchev–Trinajstić information content (AvgIpc) is 2.45. The summed E-state index contributed by atoms with van der Waals surface area (Å²) in [4.78, 5) is 12.5. The Hall–Kier alpha value is -1.15. The van der Waals surface area contributed by atoms with E-state index in [1.165, 1.54) is 6.07 Å². The van der Waals surface area contributed by atoms with Crippen LogP contribution in [0.15, 0.2) is 12.1 Å². The van der Waals surface area contributed by atoms with Crippen LogP contribution in [0.25, 0.3) is 0 Å². The molecule has 1 aliphatic heterocycles. The number of nitro benzene ring substituents is 1. The lowest BCUT2D eigenvalue weighted by atomic mass is 9.76. The number of hydrogen-bond donors (Lipinski definition) is 2. The van der Waals surface area contributed by atoms with E-state index in [9.17, 15) is 19.6 Å². The van der Waals surface area contributed by atoms with Crippen LogP contribution in [0.5, 0.6) is 5.75 Å². The van der Waals surface area contributed by atoms with Crippen LogP contribution in [0.3, 0.4) is 0 Å². The summed E-state index contributed by atoms with van der Waals surface area (Å²) in [5.41, 5.74) is -0.187. The van der Waals surface area contributed by atoms with Gasteiger partial charge in [0.2, 0.25) is 0 Å². The minimum Gasteiger partial charge on any atom is -0.502 e. The summed E-state index contributed by atoms with van der Waals surface area (Å²) < 4.78 is 13.8. The second-order valence-corrected chi connectivity index (χ2v) is 6.04. The van der Waals surface area contributed by atoms with E-state index in [0.717, 1.165) is 51.5 Å². The number of nitrogens with zero attached hydrogens (tertiary/aromatic N) is 2. The molecule has 0 radical (unpaired) electrons. The van der Waals surface area contributed by atoms with Gasteiger partial charge < -0.3 is 10.4 Å². The zero-order chi connectivity index (χ0) is 15.7. The van der Waals surface area contributed by atoms with E-state index in [0.29, 0.717) is 11.5 Å². The molecule has 1 aromatic carbocycles. The third kappa shape index (κ3) is 4.08. The van der Waals surface area contributed by atoms with Gasteiger partial charge >= 0.3 is 5.69 Å². The molecular formula is C15H22Cl2FN3O3. The number of rotatable bonds is 4. The Morgan fingerprint density at radius 1 is 1.29 bits per heavy atom. The van der Waals surface area contributed by atoms with Crippen LogP contribution in [-0.2, 0) is 0 Å². The Morgan fingerprint density at radius 3 is 2.42 bits per heavy atom. The van der Waals surface area contributed by atoms with Gasteiger partial charge in [-0.2, -0.15) is 0 Å². The molecule has 1 atom stereocenters. The van der Waals surface area contributed by atoms with E-state index < -0.39 is 16.4 Å². The molecule has 2 N–H and O–H groups in total. The van der Waals surface area contributed by atoms with Crippen molar-refractivity contribution in [3.05, 3.63) is 33.6 Å². The molecule has 0 unspecified atom stereocenters. The minimum atomic E-state index is -0.725. The standard InChI is InChI=1S/C15H20FN3O3.2ClH/c16-11-8-12(15(20)13(9-11)19(21)22)14(10-2-1-3-10)18-6-4-17-5-7-18;;/h8-10,14,17,20H,1-7H2;2*1H/t14-;;/m1../s1. The van der Waals surface area contributed by atoms with Crippen LogP contribution in [-0.4, -0.2) is 41.1 Å². The Bertz CT molecular complexity index is 581. The number of benzene rings is 1. The van der Waals surface area contributed by atoms with E-state index in [1.54, 1.807) is 0 Å². The van der Waals surface area contributed by atoms with Gasteiger partial charge in [0.05, 0.1) is 11.0 Å². The number of phenols is 1. The van der Waals surface area contributed by atoms with Gasteiger partial charge in [0.25, 0.3) is 0 Å². The molecule has 0 aromatic heterocycles. The zero-order valence-corrected chi connectivity index (χ0v) is 14.7. The Balaban J connectivity index is 0.00000144. The first kappa shape index (κ1) is 20.9. The smallest absolute Gasteiger partial charge is 0.313 e. The van der Waals surface area contributed by atoms with Crippen molar-refractivity contribution in [2.24, 2.45) is 5.92 Å². The number of piperazine rings is 1. The molecule has 0 amide bonds. The number of nitrogens with one attached hydrogen (secondary N) is 1. The highest BCUT2D eigenvalue weighted by atomic mass is 35.5. The van der Waals surface area contributed by atoms with Crippen molar-refractivity contribution in [2.75, 3.05) is 26.2 Å². The van der Waals surface area contributed by atoms with Crippen molar-refractivity contribution in [1.82, 2.24) is 10.2 Å². The van der Waals surface area contributed by atoms with Gasteiger partial charge in [-0.3, -0.25) is 15.0 Å². The molecule has 136 valence electrons. The number of nitro groups is 1. The molecule has 24 heavy (non-hydrogen) atoms.